The second-order valence-electron chi connectivity index (χ2n) is 7.79. The first kappa shape index (κ1) is 20.3. The number of benzene rings is 1. The van der Waals surface area contributed by atoms with Crippen molar-refractivity contribution in [2.24, 2.45) is 11.8 Å². The second-order valence-corrected chi connectivity index (χ2v) is 8.95. The number of halogens is 4. The number of alkyl halides is 3. The molecule has 2 bridgehead atoms. The maximum Gasteiger partial charge on any atom is 0.456 e. The predicted molar refractivity (Wildman–Crippen MR) is 105 cm³/mol. The van der Waals surface area contributed by atoms with Crippen LogP contribution in [0.5, 0.6) is 0 Å². The molecule has 2 aromatic rings. The third-order valence-electron chi connectivity index (χ3n) is 5.63. The van der Waals surface area contributed by atoms with Crippen molar-refractivity contribution < 1.29 is 17.6 Å². The second kappa shape index (κ2) is 8.06. The normalized spacial score (nSPS) is 23.2. The summed E-state index contributed by atoms with van der Waals surface area (Å²) in [5.41, 5.74) is 2.67. The van der Waals surface area contributed by atoms with Crippen LogP contribution in [0.4, 0.5) is 29.2 Å². The van der Waals surface area contributed by atoms with Crippen LogP contribution in [-0.4, -0.2) is 32.9 Å². The molecule has 29 heavy (non-hydrogen) atoms. The quantitative estimate of drug-likeness (QED) is 0.554. The Morgan fingerprint density at radius 2 is 1.86 bits per heavy atom. The lowest BCUT2D eigenvalue weighted by atomic mass is 9.56. The Bertz CT molecular complexity index is 835. The standard InChI is InChI=1S/C14H15F4N5S.C5H8/c15-11-2-1-3-12-10(11)8-23(24-14(16,17)18)5-4-22(12)7-9-6-20-13(19)21-9;1-4-2-5(1)3-4/h1-3,6H,4-5,7-8H2,(H3,19,20,21);4-5H,1-3H2. The molecule has 1 aromatic heterocycles. The number of imidazole rings is 1. The van der Waals surface area contributed by atoms with E-state index in [2.05, 4.69) is 9.97 Å². The molecular formula is C19H23F4N5S. The Morgan fingerprint density at radius 3 is 2.41 bits per heavy atom. The van der Waals surface area contributed by atoms with Crippen LogP contribution in [0.25, 0.3) is 0 Å². The molecule has 3 fully saturated rings. The Balaban J connectivity index is 0.000000349. The number of fused-ring (bicyclic) bond motifs is 1. The minimum Gasteiger partial charge on any atom is -0.369 e. The van der Waals surface area contributed by atoms with Crippen LogP contribution < -0.4 is 10.6 Å². The smallest absolute Gasteiger partial charge is 0.369 e. The molecule has 3 N–H and O–H groups in total. The molecule has 158 valence electrons. The average Bonchev–Trinajstić information content (AvgIpc) is 2.85. The lowest BCUT2D eigenvalue weighted by Gasteiger charge is -2.49. The molecule has 6 rings (SSSR count). The van der Waals surface area contributed by atoms with Gasteiger partial charge in [-0.25, -0.2) is 13.7 Å². The molecule has 5 nitrogen and oxygen atoms in total. The zero-order chi connectivity index (χ0) is 20.6. The van der Waals surface area contributed by atoms with E-state index in [-0.39, 0.29) is 36.5 Å². The molecule has 0 unspecified atom stereocenters. The Labute approximate surface area is 170 Å². The first-order valence-electron chi connectivity index (χ1n) is 9.59. The van der Waals surface area contributed by atoms with Gasteiger partial charge in [-0.05, 0) is 43.2 Å². The molecule has 0 saturated heterocycles. The van der Waals surface area contributed by atoms with Crippen molar-refractivity contribution in [3.05, 3.63) is 41.5 Å². The number of hydrogen-bond donors (Lipinski definition) is 2. The van der Waals surface area contributed by atoms with Crippen LogP contribution in [0.15, 0.2) is 24.4 Å². The van der Waals surface area contributed by atoms with Crippen molar-refractivity contribution in [3.8, 4) is 0 Å². The fourth-order valence-corrected chi connectivity index (χ4v) is 4.53. The number of nitrogens with one attached hydrogen (secondary N) is 1. The molecule has 3 saturated carbocycles. The third-order valence-corrected chi connectivity index (χ3v) is 6.41. The van der Waals surface area contributed by atoms with Gasteiger partial charge >= 0.3 is 5.51 Å². The van der Waals surface area contributed by atoms with Crippen molar-refractivity contribution in [3.63, 3.8) is 0 Å². The van der Waals surface area contributed by atoms with Crippen LogP contribution in [0.3, 0.4) is 0 Å². The zero-order valence-electron chi connectivity index (χ0n) is 15.8. The Hall–Kier alpha value is -1.94. The maximum absolute atomic E-state index is 14.2. The number of H-pyrrole nitrogens is 1. The highest BCUT2D eigenvalue weighted by Gasteiger charge is 2.41. The van der Waals surface area contributed by atoms with E-state index in [4.69, 9.17) is 5.73 Å². The summed E-state index contributed by atoms with van der Waals surface area (Å²) in [6.07, 6.45) is 6.31. The molecular weight excluding hydrogens is 406 g/mol. The molecule has 0 amide bonds. The molecule has 4 aliphatic rings. The number of anilines is 2. The molecule has 3 aliphatic carbocycles. The summed E-state index contributed by atoms with van der Waals surface area (Å²) >= 11 is -0.224. The molecule has 0 atom stereocenters. The molecule has 10 heteroatoms. The summed E-state index contributed by atoms with van der Waals surface area (Å²) in [5.74, 6) is 2.16. The van der Waals surface area contributed by atoms with E-state index >= 15 is 0 Å². The van der Waals surface area contributed by atoms with Gasteiger partial charge in [0.15, 0.2) is 5.95 Å². The highest BCUT2D eigenvalue weighted by Crippen LogP contribution is 2.52. The van der Waals surface area contributed by atoms with Crippen LogP contribution >= 0.6 is 11.9 Å². The lowest BCUT2D eigenvalue weighted by Crippen LogP contribution is -2.38. The van der Waals surface area contributed by atoms with E-state index in [1.807, 2.05) is 4.90 Å². The lowest BCUT2D eigenvalue weighted by molar-refractivity contribution is -0.0363. The summed E-state index contributed by atoms with van der Waals surface area (Å²) < 4.78 is 53.4. The number of nitrogen functional groups attached to an aromatic ring is 1. The van der Waals surface area contributed by atoms with Crippen LogP contribution in [0.2, 0.25) is 0 Å². The van der Waals surface area contributed by atoms with Crippen LogP contribution in [-0.2, 0) is 13.1 Å². The number of nitrogens with zero attached hydrogens (tertiary/aromatic N) is 3. The van der Waals surface area contributed by atoms with Gasteiger partial charge in [0.25, 0.3) is 0 Å². The number of aromatic amines is 1. The number of rotatable bonds is 3. The predicted octanol–water partition coefficient (Wildman–Crippen LogP) is 4.54. The Kier molecular flexibility index (Phi) is 5.65. The van der Waals surface area contributed by atoms with Crippen molar-refractivity contribution in [1.29, 1.82) is 0 Å². The molecule has 2 heterocycles. The number of hydrogen-bond acceptors (Lipinski definition) is 5. The molecule has 1 aromatic carbocycles. The van der Waals surface area contributed by atoms with Gasteiger partial charge in [-0.1, -0.05) is 6.07 Å². The third kappa shape index (κ3) is 4.98. The highest BCUT2D eigenvalue weighted by atomic mass is 32.2. The van der Waals surface area contributed by atoms with Gasteiger partial charge in [-0.3, -0.25) is 0 Å². The van der Waals surface area contributed by atoms with E-state index in [0.717, 1.165) is 4.31 Å². The van der Waals surface area contributed by atoms with Gasteiger partial charge < -0.3 is 15.6 Å². The maximum atomic E-state index is 14.2. The topological polar surface area (TPSA) is 61.2 Å². The van der Waals surface area contributed by atoms with Crippen molar-refractivity contribution in [2.75, 3.05) is 23.7 Å². The highest BCUT2D eigenvalue weighted by molar-refractivity contribution is 7.97. The summed E-state index contributed by atoms with van der Waals surface area (Å²) in [6, 6.07) is 4.52. The van der Waals surface area contributed by atoms with Gasteiger partial charge in [0, 0.05) is 42.8 Å². The fraction of sp³-hybridized carbons (Fsp3) is 0.526. The van der Waals surface area contributed by atoms with Crippen molar-refractivity contribution >= 4 is 23.6 Å². The summed E-state index contributed by atoms with van der Waals surface area (Å²) in [7, 11) is 0. The minimum absolute atomic E-state index is 0.117. The largest absolute Gasteiger partial charge is 0.456 e. The van der Waals surface area contributed by atoms with E-state index in [1.165, 1.54) is 17.9 Å². The summed E-state index contributed by atoms with van der Waals surface area (Å²) in [5, 5.41) is 0. The number of aromatic nitrogens is 2. The van der Waals surface area contributed by atoms with Gasteiger partial charge in [-0.2, -0.15) is 13.2 Å². The van der Waals surface area contributed by atoms with E-state index in [1.54, 1.807) is 37.6 Å². The van der Waals surface area contributed by atoms with Gasteiger partial charge in [0.1, 0.15) is 5.82 Å². The van der Waals surface area contributed by atoms with Gasteiger partial charge in [-0.15, -0.1) is 0 Å². The molecule has 0 radical (unpaired) electrons. The molecule has 1 aliphatic heterocycles. The van der Waals surface area contributed by atoms with E-state index < -0.39 is 11.3 Å². The first-order chi connectivity index (χ1) is 13.8. The zero-order valence-corrected chi connectivity index (χ0v) is 16.6. The number of nitrogens with two attached hydrogens (primary N) is 1. The minimum atomic E-state index is -4.40. The van der Waals surface area contributed by atoms with Crippen molar-refractivity contribution in [2.45, 2.75) is 37.9 Å². The fourth-order valence-electron chi connectivity index (χ4n) is 3.87. The summed E-state index contributed by atoms with van der Waals surface area (Å²) in [4.78, 5) is 8.59. The van der Waals surface area contributed by atoms with E-state index in [9.17, 15) is 17.6 Å². The first-order valence-corrected chi connectivity index (χ1v) is 10.4. The Morgan fingerprint density at radius 1 is 1.17 bits per heavy atom. The monoisotopic (exact) mass is 429 g/mol. The molecule has 0 spiro atoms. The van der Waals surface area contributed by atoms with Crippen molar-refractivity contribution in [1.82, 2.24) is 14.3 Å². The van der Waals surface area contributed by atoms with Gasteiger partial charge in [0.2, 0.25) is 0 Å². The van der Waals surface area contributed by atoms with E-state index in [0.29, 0.717) is 24.5 Å². The van der Waals surface area contributed by atoms with Gasteiger partial charge in [0.05, 0.1) is 18.4 Å². The van der Waals surface area contributed by atoms with Crippen LogP contribution in [0, 0.1) is 17.7 Å². The average molecular weight is 429 g/mol. The van der Waals surface area contributed by atoms with Crippen LogP contribution in [0.1, 0.15) is 30.5 Å². The SMILES string of the molecule is C1C2CC1C2.Nc1ncc(CN2CCN(SC(F)(F)F)Cc3c(F)cccc32)[nH]1. The summed E-state index contributed by atoms with van der Waals surface area (Å²) in [6.45, 7) is 0.694.